The van der Waals surface area contributed by atoms with Crippen molar-refractivity contribution < 1.29 is 17.5 Å². The first-order valence-corrected chi connectivity index (χ1v) is 11.1. The van der Waals surface area contributed by atoms with Gasteiger partial charge in [0.25, 0.3) is 0 Å². The number of hydrogen-bond acceptors (Lipinski definition) is 3. The standard InChI is InChI=1S/C18H34N2O3S/c1-2-3-4-5-6-7-8-9-10-11-13-19-15-16-20(18-19)14-12-17-24(21,22)23/h15-16,18H,2-14,17H2,1H3. The number of aryl methyl sites for hydroxylation is 2. The van der Waals surface area contributed by atoms with Gasteiger partial charge in [-0.05, 0) is 19.3 Å². The third kappa shape index (κ3) is 11.6. The van der Waals surface area contributed by atoms with E-state index in [1.54, 1.807) is 0 Å². The Hall–Kier alpha value is -0.880. The van der Waals surface area contributed by atoms with E-state index >= 15 is 0 Å². The zero-order valence-electron chi connectivity index (χ0n) is 15.2. The van der Waals surface area contributed by atoms with Crippen LogP contribution in [0.4, 0.5) is 0 Å². The predicted octanol–water partition coefficient (Wildman–Crippen LogP) is 3.63. The largest absolute Gasteiger partial charge is 0.748 e. The molecule has 6 heteroatoms. The van der Waals surface area contributed by atoms with Crippen LogP contribution in [0.2, 0.25) is 0 Å². The zero-order valence-corrected chi connectivity index (χ0v) is 16.0. The van der Waals surface area contributed by atoms with Gasteiger partial charge in [-0.15, -0.1) is 0 Å². The van der Waals surface area contributed by atoms with Crippen LogP contribution in [0, 0.1) is 0 Å². The molecule has 0 amide bonds. The Labute approximate surface area is 147 Å². The fourth-order valence-electron chi connectivity index (χ4n) is 2.91. The van der Waals surface area contributed by atoms with E-state index in [-0.39, 0.29) is 5.75 Å². The Morgan fingerprint density at radius 3 is 2.08 bits per heavy atom. The van der Waals surface area contributed by atoms with Crippen LogP contribution in [0.25, 0.3) is 0 Å². The van der Waals surface area contributed by atoms with Crippen LogP contribution >= 0.6 is 0 Å². The molecule has 0 radical (unpaired) electrons. The first-order chi connectivity index (χ1) is 11.5. The molecule has 0 aliphatic heterocycles. The molecule has 1 aromatic rings. The lowest BCUT2D eigenvalue weighted by atomic mass is 10.1. The molecule has 0 unspecified atom stereocenters. The highest BCUT2D eigenvalue weighted by Crippen LogP contribution is 2.10. The fraction of sp³-hybridized carbons (Fsp3) is 0.833. The van der Waals surface area contributed by atoms with Gasteiger partial charge in [0.15, 0.2) is 0 Å². The molecule has 0 aromatic carbocycles. The van der Waals surface area contributed by atoms with E-state index in [4.69, 9.17) is 0 Å². The van der Waals surface area contributed by atoms with Gasteiger partial charge in [0.2, 0.25) is 6.33 Å². The molecule has 0 spiro atoms. The van der Waals surface area contributed by atoms with Crippen LogP contribution in [0.3, 0.4) is 0 Å². The molecule has 0 fully saturated rings. The predicted molar refractivity (Wildman–Crippen MR) is 95.7 cm³/mol. The molecule has 5 nitrogen and oxygen atoms in total. The van der Waals surface area contributed by atoms with Crippen molar-refractivity contribution in [2.45, 2.75) is 90.6 Å². The average Bonchev–Trinajstić information content (AvgIpc) is 2.96. The lowest BCUT2D eigenvalue weighted by Crippen LogP contribution is -2.32. The van der Waals surface area contributed by atoms with Crippen molar-refractivity contribution in [3.63, 3.8) is 0 Å². The molecule has 0 N–H and O–H groups in total. The van der Waals surface area contributed by atoms with E-state index < -0.39 is 10.1 Å². The summed E-state index contributed by atoms with van der Waals surface area (Å²) < 4.78 is 35.8. The van der Waals surface area contributed by atoms with Crippen molar-refractivity contribution in [2.24, 2.45) is 0 Å². The second kappa shape index (κ2) is 12.5. The van der Waals surface area contributed by atoms with Crippen LogP contribution < -0.4 is 4.57 Å². The van der Waals surface area contributed by atoms with Gasteiger partial charge in [0.1, 0.15) is 12.4 Å². The third-order valence-corrected chi connectivity index (χ3v) is 5.12. The van der Waals surface area contributed by atoms with Crippen molar-refractivity contribution in [1.29, 1.82) is 0 Å². The van der Waals surface area contributed by atoms with E-state index in [1.807, 2.05) is 23.3 Å². The van der Waals surface area contributed by atoms with Gasteiger partial charge in [-0.25, -0.2) is 17.6 Å². The summed E-state index contributed by atoms with van der Waals surface area (Å²) in [5, 5.41) is 0. The van der Waals surface area contributed by atoms with E-state index in [0.717, 1.165) is 6.54 Å². The van der Waals surface area contributed by atoms with Gasteiger partial charge in [-0.3, -0.25) is 0 Å². The van der Waals surface area contributed by atoms with Crippen LogP contribution in [0.5, 0.6) is 0 Å². The van der Waals surface area contributed by atoms with E-state index in [0.29, 0.717) is 13.0 Å². The highest BCUT2D eigenvalue weighted by atomic mass is 32.2. The minimum Gasteiger partial charge on any atom is -0.748 e. The van der Waals surface area contributed by atoms with Crippen molar-refractivity contribution in [1.82, 2.24) is 4.57 Å². The lowest BCUT2D eigenvalue weighted by Gasteiger charge is -2.04. The smallest absolute Gasteiger partial charge is 0.243 e. The second-order valence-electron chi connectivity index (χ2n) is 6.69. The van der Waals surface area contributed by atoms with E-state index in [1.165, 1.54) is 64.2 Å². The average molecular weight is 359 g/mol. The molecule has 1 rings (SSSR count). The molecule has 24 heavy (non-hydrogen) atoms. The molecule has 0 saturated carbocycles. The number of unbranched alkanes of at least 4 members (excludes halogenated alkanes) is 9. The van der Waals surface area contributed by atoms with Crippen molar-refractivity contribution in [3.8, 4) is 0 Å². The first-order valence-electron chi connectivity index (χ1n) is 9.49. The molecule has 0 aliphatic carbocycles. The van der Waals surface area contributed by atoms with Gasteiger partial charge >= 0.3 is 0 Å². The lowest BCUT2D eigenvalue weighted by molar-refractivity contribution is -0.696. The molecule has 140 valence electrons. The molecule has 0 aliphatic rings. The molecule has 0 saturated heterocycles. The molecule has 1 heterocycles. The Kier molecular flexibility index (Phi) is 11.0. The topological polar surface area (TPSA) is 66.0 Å². The van der Waals surface area contributed by atoms with Gasteiger partial charge in [0, 0.05) is 5.75 Å². The summed E-state index contributed by atoms with van der Waals surface area (Å²) in [5.74, 6) is -0.288. The SMILES string of the molecule is CCCCCCCCCCCCn1cc[n+](CCCS(=O)(=O)[O-])c1. The molecule has 1 aromatic heterocycles. The van der Waals surface area contributed by atoms with Crippen LogP contribution in [0.15, 0.2) is 18.7 Å². The summed E-state index contributed by atoms with van der Waals surface area (Å²) in [6, 6.07) is 0. The summed E-state index contributed by atoms with van der Waals surface area (Å²) in [6.07, 6.45) is 19.7. The maximum Gasteiger partial charge on any atom is 0.243 e. The van der Waals surface area contributed by atoms with E-state index in [2.05, 4.69) is 11.5 Å². The first kappa shape index (κ1) is 21.2. The van der Waals surface area contributed by atoms with E-state index in [9.17, 15) is 13.0 Å². The number of nitrogens with zero attached hydrogens (tertiary/aromatic N) is 2. The summed E-state index contributed by atoms with van der Waals surface area (Å²) in [7, 11) is -4.09. The zero-order chi connectivity index (χ0) is 17.7. The molecule has 0 bridgehead atoms. The molecule has 0 atom stereocenters. The maximum atomic E-state index is 10.6. The van der Waals surface area contributed by atoms with Crippen LogP contribution in [-0.2, 0) is 23.2 Å². The Balaban J connectivity index is 2.00. The molecular weight excluding hydrogens is 324 g/mol. The minimum absolute atomic E-state index is 0.288. The summed E-state index contributed by atoms with van der Waals surface area (Å²) >= 11 is 0. The minimum atomic E-state index is -4.09. The van der Waals surface area contributed by atoms with Gasteiger partial charge in [0.05, 0.1) is 23.2 Å². The van der Waals surface area contributed by atoms with Gasteiger partial charge in [-0.1, -0.05) is 58.3 Å². The Morgan fingerprint density at radius 2 is 1.50 bits per heavy atom. The highest BCUT2D eigenvalue weighted by Gasteiger charge is 2.04. The summed E-state index contributed by atoms with van der Waals surface area (Å²) in [5.41, 5.74) is 0. The van der Waals surface area contributed by atoms with Gasteiger partial charge in [-0.2, -0.15) is 0 Å². The quantitative estimate of drug-likeness (QED) is 0.273. The molecular formula is C18H34N2O3S. The second-order valence-corrected chi connectivity index (χ2v) is 8.21. The summed E-state index contributed by atoms with van der Waals surface area (Å²) in [4.78, 5) is 0. The third-order valence-electron chi connectivity index (χ3n) is 4.33. The monoisotopic (exact) mass is 358 g/mol. The van der Waals surface area contributed by atoms with Gasteiger partial charge < -0.3 is 4.55 Å². The summed E-state index contributed by atoms with van der Waals surface area (Å²) in [6.45, 7) is 3.83. The van der Waals surface area contributed by atoms with Crippen molar-refractivity contribution in [3.05, 3.63) is 18.7 Å². The Morgan fingerprint density at radius 1 is 0.917 bits per heavy atom. The van der Waals surface area contributed by atoms with Crippen molar-refractivity contribution >= 4 is 10.1 Å². The normalized spacial score (nSPS) is 11.9. The van der Waals surface area contributed by atoms with Crippen molar-refractivity contribution in [2.75, 3.05) is 5.75 Å². The number of hydrogen-bond donors (Lipinski definition) is 0. The fourth-order valence-corrected chi connectivity index (χ4v) is 3.39. The number of imidazole rings is 1. The highest BCUT2D eigenvalue weighted by molar-refractivity contribution is 7.85. The maximum absolute atomic E-state index is 10.6. The number of rotatable bonds is 15. The number of aromatic nitrogens is 2. The van der Waals surface area contributed by atoms with Crippen LogP contribution in [0.1, 0.15) is 77.6 Å². The van der Waals surface area contributed by atoms with Crippen LogP contribution in [-0.4, -0.2) is 23.3 Å². The Bertz CT molecular complexity index is 526.